The van der Waals surface area contributed by atoms with Crippen molar-refractivity contribution in [2.45, 2.75) is 32.5 Å². The Bertz CT molecular complexity index is 532. The van der Waals surface area contributed by atoms with Crippen LogP contribution >= 0.6 is 23.2 Å². The van der Waals surface area contributed by atoms with Gasteiger partial charge in [0.1, 0.15) is 0 Å². The summed E-state index contributed by atoms with van der Waals surface area (Å²) >= 11 is 11.8. The zero-order valence-corrected chi connectivity index (χ0v) is 15.0. The molecule has 2 N–H and O–H groups in total. The molecule has 5 nitrogen and oxygen atoms in total. The molecule has 2 atom stereocenters. The first kappa shape index (κ1) is 18.3. The van der Waals surface area contributed by atoms with Crippen LogP contribution in [0, 0.1) is 0 Å². The first-order valence-corrected chi connectivity index (χ1v) is 8.57. The average molecular weight is 360 g/mol. The minimum Gasteiger partial charge on any atom is -0.373 e. The fraction of sp³-hybridized carbons (Fsp3) is 0.562. The topological polar surface area (TPSA) is 53.6 Å². The first-order valence-electron chi connectivity index (χ1n) is 7.81. The molecule has 1 aliphatic rings. The summed E-state index contributed by atoms with van der Waals surface area (Å²) in [6, 6.07) is 4.75. The van der Waals surface area contributed by atoms with E-state index in [1.807, 2.05) is 0 Å². The lowest BCUT2D eigenvalue weighted by atomic mass is 10.2. The summed E-state index contributed by atoms with van der Waals surface area (Å²) in [4.78, 5) is 14.2. The van der Waals surface area contributed by atoms with E-state index >= 15 is 0 Å². The number of morpholine rings is 1. The van der Waals surface area contributed by atoms with Crippen LogP contribution in [-0.2, 0) is 4.74 Å². The van der Waals surface area contributed by atoms with Crippen molar-refractivity contribution in [3.8, 4) is 0 Å². The van der Waals surface area contributed by atoms with Gasteiger partial charge in [0, 0.05) is 31.9 Å². The van der Waals surface area contributed by atoms with Crippen LogP contribution < -0.4 is 10.6 Å². The fourth-order valence-electron chi connectivity index (χ4n) is 2.72. The van der Waals surface area contributed by atoms with Gasteiger partial charge in [0.05, 0.1) is 22.3 Å². The molecule has 1 aromatic carbocycles. The van der Waals surface area contributed by atoms with E-state index in [-0.39, 0.29) is 18.2 Å². The molecule has 0 bridgehead atoms. The lowest BCUT2D eigenvalue weighted by Gasteiger charge is -2.35. The highest BCUT2D eigenvalue weighted by atomic mass is 35.5. The lowest BCUT2D eigenvalue weighted by molar-refractivity contribution is -0.0679. The Morgan fingerprint density at radius 3 is 2.61 bits per heavy atom. The van der Waals surface area contributed by atoms with Gasteiger partial charge in [-0.2, -0.15) is 0 Å². The van der Waals surface area contributed by atoms with Crippen molar-refractivity contribution in [3.05, 3.63) is 28.2 Å². The van der Waals surface area contributed by atoms with Gasteiger partial charge in [0.25, 0.3) is 0 Å². The number of halogens is 2. The van der Waals surface area contributed by atoms with Crippen LogP contribution in [0.5, 0.6) is 0 Å². The molecule has 1 aromatic rings. The molecule has 0 radical (unpaired) electrons. The molecule has 1 saturated heterocycles. The summed E-state index contributed by atoms with van der Waals surface area (Å²) in [6.45, 7) is 7.63. The Hall–Kier alpha value is -1.01. The van der Waals surface area contributed by atoms with Gasteiger partial charge in [0.2, 0.25) is 0 Å². The van der Waals surface area contributed by atoms with Gasteiger partial charge < -0.3 is 15.4 Å². The Labute approximate surface area is 147 Å². The third kappa shape index (κ3) is 6.18. The maximum Gasteiger partial charge on any atom is 0.319 e. The minimum atomic E-state index is -0.243. The van der Waals surface area contributed by atoms with Crippen LogP contribution in [0.4, 0.5) is 10.5 Å². The molecular weight excluding hydrogens is 337 g/mol. The Balaban J connectivity index is 1.65. The molecule has 2 unspecified atom stereocenters. The molecule has 0 saturated carbocycles. The van der Waals surface area contributed by atoms with Gasteiger partial charge >= 0.3 is 6.03 Å². The van der Waals surface area contributed by atoms with Crippen LogP contribution in [0.2, 0.25) is 10.0 Å². The zero-order chi connectivity index (χ0) is 16.8. The van der Waals surface area contributed by atoms with Gasteiger partial charge in [-0.15, -0.1) is 0 Å². The number of nitrogens with one attached hydrogen (secondary N) is 2. The molecule has 0 aliphatic carbocycles. The van der Waals surface area contributed by atoms with E-state index in [1.54, 1.807) is 18.2 Å². The summed E-state index contributed by atoms with van der Waals surface area (Å²) in [6.07, 6.45) is 1.43. The number of ether oxygens (including phenoxy) is 1. The summed E-state index contributed by atoms with van der Waals surface area (Å²) in [7, 11) is 0. The Kier molecular flexibility index (Phi) is 6.96. The van der Waals surface area contributed by atoms with E-state index in [0.717, 1.165) is 26.1 Å². The highest BCUT2D eigenvalue weighted by Gasteiger charge is 2.21. The van der Waals surface area contributed by atoms with E-state index in [0.29, 0.717) is 22.3 Å². The van der Waals surface area contributed by atoms with Crippen LogP contribution in [0.1, 0.15) is 20.3 Å². The number of hydrogen-bond acceptors (Lipinski definition) is 3. The number of urea groups is 1. The summed E-state index contributed by atoms with van der Waals surface area (Å²) in [5.41, 5.74) is 0.618. The van der Waals surface area contributed by atoms with E-state index in [4.69, 9.17) is 27.9 Å². The van der Waals surface area contributed by atoms with Crippen LogP contribution in [0.15, 0.2) is 18.2 Å². The molecule has 2 rings (SSSR count). The van der Waals surface area contributed by atoms with Crippen LogP contribution in [-0.4, -0.2) is 49.3 Å². The maximum atomic E-state index is 11.8. The van der Waals surface area contributed by atoms with Crippen molar-refractivity contribution in [2.24, 2.45) is 0 Å². The normalized spacial score (nSPS) is 21.9. The molecule has 0 spiro atoms. The number of rotatable bonds is 5. The zero-order valence-electron chi connectivity index (χ0n) is 13.4. The number of nitrogens with zero attached hydrogens (tertiary/aromatic N) is 1. The van der Waals surface area contributed by atoms with E-state index < -0.39 is 0 Å². The minimum absolute atomic E-state index is 0.243. The van der Waals surface area contributed by atoms with Crippen molar-refractivity contribution in [3.63, 3.8) is 0 Å². The first-order chi connectivity index (χ1) is 10.9. The predicted octanol–water partition coefficient (Wildman–Crippen LogP) is 3.61. The average Bonchev–Trinajstić information content (AvgIpc) is 2.46. The number of carbonyl (C=O) groups excluding carboxylic acids is 1. The van der Waals surface area contributed by atoms with Crippen molar-refractivity contribution in [1.82, 2.24) is 10.2 Å². The van der Waals surface area contributed by atoms with Crippen molar-refractivity contribution in [1.29, 1.82) is 0 Å². The van der Waals surface area contributed by atoms with Gasteiger partial charge in [-0.1, -0.05) is 23.2 Å². The van der Waals surface area contributed by atoms with E-state index in [2.05, 4.69) is 29.4 Å². The highest BCUT2D eigenvalue weighted by Crippen LogP contribution is 2.24. The molecule has 1 fully saturated rings. The smallest absolute Gasteiger partial charge is 0.319 e. The van der Waals surface area contributed by atoms with Gasteiger partial charge in [-0.25, -0.2) is 4.79 Å². The second-order valence-electron chi connectivity index (χ2n) is 5.88. The summed E-state index contributed by atoms with van der Waals surface area (Å²) < 4.78 is 5.70. The van der Waals surface area contributed by atoms with Gasteiger partial charge in [-0.05, 0) is 38.5 Å². The van der Waals surface area contributed by atoms with Crippen molar-refractivity contribution < 1.29 is 9.53 Å². The van der Waals surface area contributed by atoms with Crippen LogP contribution in [0.3, 0.4) is 0 Å². The van der Waals surface area contributed by atoms with E-state index in [1.165, 1.54) is 0 Å². The van der Waals surface area contributed by atoms with Gasteiger partial charge in [0.15, 0.2) is 0 Å². The number of anilines is 1. The predicted molar refractivity (Wildman–Crippen MR) is 94.5 cm³/mol. The number of hydrogen-bond donors (Lipinski definition) is 2. The maximum absolute atomic E-state index is 11.8. The monoisotopic (exact) mass is 359 g/mol. The Morgan fingerprint density at radius 1 is 1.26 bits per heavy atom. The fourth-order valence-corrected chi connectivity index (χ4v) is 3.02. The molecule has 128 valence electrons. The molecular formula is C16H23Cl2N3O2. The molecule has 2 amide bonds. The number of benzene rings is 1. The Morgan fingerprint density at radius 2 is 1.96 bits per heavy atom. The molecule has 1 heterocycles. The van der Waals surface area contributed by atoms with Crippen LogP contribution in [0.25, 0.3) is 0 Å². The number of amides is 2. The van der Waals surface area contributed by atoms with Crippen molar-refractivity contribution in [2.75, 3.05) is 31.5 Å². The van der Waals surface area contributed by atoms with Crippen molar-refractivity contribution >= 4 is 34.9 Å². The van der Waals surface area contributed by atoms with Gasteiger partial charge in [-0.3, -0.25) is 4.90 Å². The second-order valence-corrected chi connectivity index (χ2v) is 6.69. The standard InChI is InChI=1S/C16H23Cl2N3O2/c1-11-9-21(10-12(2)23-11)7-3-6-19-16(22)20-13-4-5-14(17)15(18)8-13/h4-5,8,11-12H,3,6-7,9-10H2,1-2H3,(H2,19,20,22). The molecule has 0 aromatic heterocycles. The third-order valence-corrected chi connectivity index (χ3v) is 4.35. The molecule has 23 heavy (non-hydrogen) atoms. The van der Waals surface area contributed by atoms with E-state index in [9.17, 15) is 4.79 Å². The SMILES string of the molecule is CC1CN(CCCNC(=O)Nc2ccc(Cl)c(Cl)c2)CC(C)O1. The third-order valence-electron chi connectivity index (χ3n) is 3.61. The number of carbonyl (C=O) groups is 1. The quantitative estimate of drug-likeness (QED) is 0.789. The lowest BCUT2D eigenvalue weighted by Crippen LogP contribution is -2.46. The molecule has 7 heteroatoms. The summed E-state index contributed by atoms with van der Waals surface area (Å²) in [5.74, 6) is 0. The highest BCUT2D eigenvalue weighted by molar-refractivity contribution is 6.42. The second kappa shape index (κ2) is 8.73. The largest absolute Gasteiger partial charge is 0.373 e. The summed E-state index contributed by atoms with van der Waals surface area (Å²) in [5, 5.41) is 6.46. The molecule has 1 aliphatic heterocycles.